The van der Waals surface area contributed by atoms with Gasteiger partial charge in [0.2, 0.25) is 0 Å². The second-order valence-electron chi connectivity index (χ2n) is 6.77. The average Bonchev–Trinajstić information content (AvgIpc) is 2.05. The van der Waals surface area contributed by atoms with Gasteiger partial charge in [-0.2, -0.15) is 0 Å². The van der Waals surface area contributed by atoms with E-state index in [1.165, 1.54) is 24.0 Å². The number of allylic oxidation sites excluding steroid dienone is 2. The molecule has 0 N–H and O–H groups in total. The first-order chi connectivity index (χ1) is 6.66. The second kappa shape index (κ2) is 3.81. The van der Waals surface area contributed by atoms with E-state index in [0.29, 0.717) is 16.7 Å². The van der Waals surface area contributed by atoms with E-state index in [9.17, 15) is 0 Å². The Hall–Kier alpha value is -0.520. The summed E-state index contributed by atoms with van der Waals surface area (Å²) >= 11 is 0. The molecule has 1 aliphatic rings. The van der Waals surface area contributed by atoms with Crippen LogP contribution in [0.2, 0.25) is 0 Å². The second-order valence-corrected chi connectivity index (χ2v) is 6.77. The van der Waals surface area contributed by atoms with Crippen molar-refractivity contribution in [1.29, 1.82) is 0 Å². The smallest absolute Gasteiger partial charge is 0.00502 e. The van der Waals surface area contributed by atoms with E-state index in [-0.39, 0.29) is 0 Å². The summed E-state index contributed by atoms with van der Waals surface area (Å²) < 4.78 is 0. The lowest BCUT2D eigenvalue weighted by Gasteiger charge is -2.34. The fourth-order valence-corrected chi connectivity index (χ4v) is 3.18. The molecule has 0 aliphatic heterocycles. The summed E-state index contributed by atoms with van der Waals surface area (Å²) in [6.07, 6.45) is 3.72. The van der Waals surface area contributed by atoms with Gasteiger partial charge in [0.15, 0.2) is 0 Å². The Balaban J connectivity index is 3.04. The molecule has 15 heavy (non-hydrogen) atoms. The van der Waals surface area contributed by atoms with E-state index in [4.69, 9.17) is 0 Å². The summed E-state index contributed by atoms with van der Waals surface area (Å²) in [5.74, 6) is 0.499. The van der Waals surface area contributed by atoms with Crippen molar-refractivity contribution in [3.8, 4) is 0 Å². The third kappa shape index (κ3) is 2.74. The molecule has 1 atom stereocenters. The summed E-state index contributed by atoms with van der Waals surface area (Å²) in [5.41, 5.74) is 3.41. The molecule has 0 bridgehead atoms. The Kier molecular flexibility index (Phi) is 3.19. The molecule has 1 fully saturated rings. The van der Waals surface area contributed by atoms with Crippen LogP contribution >= 0.6 is 0 Å². The summed E-state index contributed by atoms with van der Waals surface area (Å²) in [5, 5.41) is 0. The van der Waals surface area contributed by atoms with Gasteiger partial charge in [-0.25, -0.2) is 0 Å². The van der Waals surface area contributed by atoms with Crippen LogP contribution in [0.1, 0.15) is 53.9 Å². The Morgan fingerprint density at radius 3 is 2.20 bits per heavy atom. The largest absolute Gasteiger partial charge is 0.0995 e. The van der Waals surface area contributed by atoms with Crippen molar-refractivity contribution < 1.29 is 0 Å². The lowest BCUT2D eigenvalue weighted by Crippen LogP contribution is -2.24. The minimum Gasteiger partial charge on any atom is -0.0995 e. The lowest BCUT2D eigenvalue weighted by molar-refractivity contribution is 0.240. The monoisotopic (exact) mass is 206 g/mol. The van der Waals surface area contributed by atoms with Crippen LogP contribution in [0.4, 0.5) is 0 Å². The van der Waals surface area contributed by atoms with E-state index < -0.39 is 0 Å². The van der Waals surface area contributed by atoms with Crippen molar-refractivity contribution in [3.63, 3.8) is 0 Å². The van der Waals surface area contributed by atoms with E-state index in [1.807, 2.05) is 0 Å². The summed E-state index contributed by atoms with van der Waals surface area (Å²) in [7, 11) is 0. The van der Waals surface area contributed by atoms with Crippen LogP contribution in [-0.4, -0.2) is 0 Å². The van der Waals surface area contributed by atoms with Gasteiger partial charge < -0.3 is 0 Å². The van der Waals surface area contributed by atoms with Crippen molar-refractivity contribution in [2.75, 3.05) is 0 Å². The molecule has 0 aromatic rings. The van der Waals surface area contributed by atoms with Gasteiger partial charge >= 0.3 is 0 Å². The molecule has 0 saturated heterocycles. The van der Waals surface area contributed by atoms with Gasteiger partial charge in [0.25, 0.3) is 0 Å². The van der Waals surface area contributed by atoms with Gasteiger partial charge in [-0.3, -0.25) is 0 Å². The van der Waals surface area contributed by atoms with E-state index in [2.05, 4.69) is 47.8 Å². The molecular formula is C15H26. The highest BCUT2D eigenvalue weighted by Crippen LogP contribution is 2.49. The van der Waals surface area contributed by atoms with Crippen molar-refractivity contribution in [2.24, 2.45) is 16.7 Å². The molecule has 1 aliphatic carbocycles. The predicted octanol–water partition coefficient (Wildman–Crippen LogP) is 4.97. The first kappa shape index (κ1) is 12.5. The van der Waals surface area contributed by atoms with Crippen LogP contribution in [0.15, 0.2) is 24.3 Å². The Morgan fingerprint density at radius 2 is 1.73 bits per heavy atom. The Morgan fingerprint density at radius 1 is 1.20 bits per heavy atom. The van der Waals surface area contributed by atoms with Crippen LogP contribution in [0.3, 0.4) is 0 Å². The van der Waals surface area contributed by atoms with Crippen molar-refractivity contribution in [2.45, 2.75) is 53.9 Å². The van der Waals surface area contributed by atoms with Gasteiger partial charge in [-0.15, -0.1) is 0 Å². The molecule has 0 heteroatoms. The maximum Gasteiger partial charge on any atom is 0.00502 e. The number of rotatable bonds is 1. The van der Waals surface area contributed by atoms with Crippen LogP contribution in [0.5, 0.6) is 0 Å². The molecule has 0 aromatic heterocycles. The first-order valence-electron chi connectivity index (χ1n) is 5.99. The van der Waals surface area contributed by atoms with Gasteiger partial charge in [-0.05, 0) is 37.0 Å². The molecule has 1 rings (SSSR count). The zero-order valence-corrected chi connectivity index (χ0v) is 11.1. The predicted molar refractivity (Wildman–Crippen MR) is 68.9 cm³/mol. The number of hydrogen-bond acceptors (Lipinski definition) is 0. The molecule has 86 valence electrons. The highest BCUT2D eigenvalue weighted by Gasteiger charge is 2.38. The number of hydrogen-bond donors (Lipinski definition) is 0. The van der Waals surface area contributed by atoms with Crippen LogP contribution in [0.25, 0.3) is 0 Å². The zero-order valence-electron chi connectivity index (χ0n) is 11.1. The van der Waals surface area contributed by atoms with Gasteiger partial charge in [0.05, 0.1) is 0 Å². The van der Waals surface area contributed by atoms with Crippen LogP contribution in [-0.2, 0) is 0 Å². The molecule has 0 heterocycles. The molecule has 0 amide bonds. The topological polar surface area (TPSA) is 0 Å². The first-order valence-corrected chi connectivity index (χ1v) is 5.99. The van der Waals surface area contributed by atoms with Crippen LogP contribution in [0, 0.1) is 16.7 Å². The zero-order chi connectivity index (χ0) is 11.9. The van der Waals surface area contributed by atoms with E-state index >= 15 is 0 Å². The minimum atomic E-state index is 0.330. The quantitative estimate of drug-likeness (QED) is 0.419. The molecule has 1 saturated carbocycles. The molecule has 0 nitrogen and oxygen atoms in total. The van der Waals surface area contributed by atoms with Crippen LogP contribution < -0.4 is 0 Å². The maximum absolute atomic E-state index is 4.31. The summed E-state index contributed by atoms with van der Waals surface area (Å²) in [6.45, 7) is 20.0. The Labute approximate surface area is 95.5 Å². The van der Waals surface area contributed by atoms with Gasteiger partial charge in [0, 0.05) is 5.92 Å². The Bertz CT molecular complexity index is 278. The SMILES string of the molecule is C=C(C)C1C(=C)CC(C)(C)CCC1(C)C. The summed E-state index contributed by atoms with van der Waals surface area (Å²) in [4.78, 5) is 0. The van der Waals surface area contributed by atoms with E-state index in [1.54, 1.807) is 0 Å². The lowest BCUT2D eigenvalue weighted by atomic mass is 9.70. The van der Waals surface area contributed by atoms with Crippen molar-refractivity contribution in [1.82, 2.24) is 0 Å². The molecule has 0 aromatic carbocycles. The fraction of sp³-hybridized carbons (Fsp3) is 0.733. The third-order valence-electron chi connectivity index (χ3n) is 3.83. The summed E-state index contributed by atoms with van der Waals surface area (Å²) in [6, 6.07) is 0. The third-order valence-corrected chi connectivity index (χ3v) is 3.83. The molecule has 0 spiro atoms. The van der Waals surface area contributed by atoms with Crippen molar-refractivity contribution >= 4 is 0 Å². The molecule has 0 radical (unpaired) electrons. The van der Waals surface area contributed by atoms with Crippen molar-refractivity contribution in [3.05, 3.63) is 24.3 Å². The van der Waals surface area contributed by atoms with E-state index in [0.717, 1.165) is 6.42 Å². The highest BCUT2D eigenvalue weighted by atomic mass is 14.4. The maximum atomic E-state index is 4.31. The molecular weight excluding hydrogens is 180 g/mol. The normalized spacial score (nSPS) is 29.7. The minimum absolute atomic E-state index is 0.330. The molecule has 1 unspecified atom stereocenters. The standard InChI is InChI=1S/C15H26/c1-11(2)13-12(3)10-14(4,5)8-9-15(13,6)7/h13H,1,3,8-10H2,2,4-7H3. The average molecular weight is 206 g/mol. The fourth-order valence-electron chi connectivity index (χ4n) is 3.18. The van der Waals surface area contributed by atoms with Gasteiger partial charge in [0.1, 0.15) is 0 Å². The van der Waals surface area contributed by atoms with Gasteiger partial charge in [-0.1, -0.05) is 52.0 Å². The highest BCUT2D eigenvalue weighted by molar-refractivity contribution is 5.21.